The van der Waals surface area contributed by atoms with Crippen molar-refractivity contribution in [2.24, 2.45) is 0 Å². The average molecular weight is 426 g/mol. The molecular weight excluding hydrogens is 408 g/mol. The first-order valence-corrected chi connectivity index (χ1v) is 9.19. The van der Waals surface area contributed by atoms with Gasteiger partial charge in [0.05, 0.1) is 12.7 Å². The molecule has 0 radical (unpaired) electrons. The SMILES string of the molecule is COc1cc(/C=C2\C(=O)NC(=S)N(C)C2=O)ccc1OCc1cccc(C(=O)O)c1. The molecule has 8 nitrogen and oxygen atoms in total. The van der Waals surface area contributed by atoms with Gasteiger partial charge in [-0.15, -0.1) is 0 Å². The highest BCUT2D eigenvalue weighted by Gasteiger charge is 2.30. The van der Waals surface area contributed by atoms with Gasteiger partial charge >= 0.3 is 5.97 Å². The van der Waals surface area contributed by atoms with Gasteiger partial charge in [0.25, 0.3) is 11.8 Å². The molecule has 30 heavy (non-hydrogen) atoms. The standard InChI is InChI=1S/C21H18N2O6S/c1-23-19(25)15(18(24)22-21(23)30)9-12-6-7-16(17(10-12)28-2)29-11-13-4-3-5-14(8-13)20(26)27/h3-10H,11H2,1-2H3,(H,26,27)(H,22,24,30)/b15-9+. The monoisotopic (exact) mass is 426 g/mol. The third-order valence-electron chi connectivity index (χ3n) is 4.37. The third-order valence-corrected chi connectivity index (χ3v) is 4.75. The molecule has 9 heteroatoms. The molecule has 1 heterocycles. The maximum atomic E-state index is 12.3. The second-order valence-corrected chi connectivity index (χ2v) is 6.77. The van der Waals surface area contributed by atoms with E-state index in [1.54, 1.807) is 30.3 Å². The van der Waals surface area contributed by atoms with E-state index in [1.807, 2.05) is 0 Å². The number of carboxylic acids is 1. The molecular formula is C21H18N2O6S. The molecule has 0 atom stereocenters. The number of hydrogen-bond donors (Lipinski definition) is 2. The zero-order chi connectivity index (χ0) is 21.8. The maximum Gasteiger partial charge on any atom is 0.335 e. The van der Waals surface area contributed by atoms with Gasteiger partial charge in [-0.2, -0.15) is 0 Å². The Kier molecular flexibility index (Phi) is 6.12. The molecule has 3 rings (SSSR count). The summed E-state index contributed by atoms with van der Waals surface area (Å²) >= 11 is 4.93. The van der Waals surface area contributed by atoms with Gasteiger partial charge in [0.2, 0.25) is 0 Å². The van der Waals surface area contributed by atoms with Gasteiger partial charge in [-0.25, -0.2) is 4.79 Å². The molecule has 1 aliphatic rings. The Hall–Kier alpha value is -3.72. The number of nitrogens with zero attached hydrogens (tertiary/aromatic N) is 1. The van der Waals surface area contributed by atoms with Crippen molar-refractivity contribution in [2.45, 2.75) is 6.61 Å². The highest BCUT2D eigenvalue weighted by atomic mass is 32.1. The van der Waals surface area contributed by atoms with Crippen LogP contribution in [0.1, 0.15) is 21.5 Å². The summed E-state index contributed by atoms with van der Waals surface area (Å²) in [6.07, 6.45) is 1.44. The normalized spacial score (nSPS) is 15.2. The van der Waals surface area contributed by atoms with Crippen LogP contribution in [-0.4, -0.2) is 47.1 Å². The van der Waals surface area contributed by atoms with Crippen LogP contribution < -0.4 is 14.8 Å². The van der Waals surface area contributed by atoms with Crippen molar-refractivity contribution in [1.29, 1.82) is 0 Å². The number of hydrogen-bond acceptors (Lipinski definition) is 6. The first-order chi connectivity index (χ1) is 14.3. The molecule has 0 saturated carbocycles. The third kappa shape index (κ3) is 4.47. The van der Waals surface area contributed by atoms with Crippen LogP contribution in [-0.2, 0) is 16.2 Å². The van der Waals surface area contributed by atoms with Gasteiger partial charge in [-0.3, -0.25) is 19.8 Å². The van der Waals surface area contributed by atoms with Gasteiger partial charge in [0.1, 0.15) is 12.2 Å². The molecule has 0 bridgehead atoms. The Labute approximate surface area is 177 Å². The van der Waals surface area contributed by atoms with E-state index < -0.39 is 17.8 Å². The highest BCUT2D eigenvalue weighted by Crippen LogP contribution is 2.30. The van der Waals surface area contributed by atoms with E-state index in [0.717, 1.165) is 0 Å². The zero-order valence-corrected chi connectivity index (χ0v) is 17.0. The minimum absolute atomic E-state index is 0.0488. The van der Waals surface area contributed by atoms with E-state index >= 15 is 0 Å². The number of methoxy groups -OCH3 is 1. The largest absolute Gasteiger partial charge is 0.493 e. The quantitative estimate of drug-likeness (QED) is 0.415. The predicted molar refractivity (Wildman–Crippen MR) is 112 cm³/mol. The molecule has 2 amide bonds. The van der Waals surface area contributed by atoms with Gasteiger partial charge in [0.15, 0.2) is 16.6 Å². The van der Waals surface area contributed by atoms with Gasteiger partial charge in [-0.05, 0) is 53.7 Å². The van der Waals surface area contributed by atoms with Gasteiger partial charge in [0, 0.05) is 7.05 Å². The fourth-order valence-corrected chi connectivity index (χ4v) is 2.94. The molecule has 1 saturated heterocycles. The zero-order valence-electron chi connectivity index (χ0n) is 16.2. The molecule has 2 N–H and O–H groups in total. The van der Waals surface area contributed by atoms with Crippen molar-refractivity contribution < 1.29 is 29.0 Å². The number of carboxylic acid groups (broad SMARTS) is 1. The van der Waals surface area contributed by atoms with Gasteiger partial charge in [-0.1, -0.05) is 18.2 Å². The molecule has 1 fully saturated rings. The topological polar surface area (TPSA) is 105 Å². The van der Waals surface area contributed by atoms with Crippen LogP contribution in [0, 0.1) is 0 Å². The summed E-state index contributed by atoms with van der Waals surface area (Å²) in [7, 11) is 2.95. The van der Waals surface area contributed by atoms with Crippen LogP contribution in [0.2, 0.25) is 0 Å². The van der Waals surface area contributed by atoms with E-state index in [0.29, 0.717) is 22.6 Å². The fourth-order valence-electron chi connectivity index (χ4n) is 2.76. The molecule has 0 aliphatic carbocycles. The Morgan fingerprint density at radius 3 is 2.67 bits per heavy atom. The molecule has 0 aromatic heterocycles. The summed E-state index contributed by atoms with van der Waals surface area (Å²) in [5.41, 5.74) is 1.37. The van der Waals surface area contributed by atoms with Crippen LogP contribution in [0.15, 0.2) is 48.0 Å². The Morgan fingerprint density at radius 2 is 1.97 bits per heavy atom. The summed E-state index contributed by atoms with van der Waals surface area (Å²) in [5, 5.41) is 11.6. The Morgan fingerprint density at radius 1 is 1.20 bits per heavy atom. The summed E-state index contributed by atoms with van der Waals surface area (Å²) in [5.74, 6) is -1.26. The Balaban J connectivity index is 1.81. The lowest BCUT2D eigenvalue weighted by Gasteiger charge is -2.25. The highest BCUT2D eigenvalue weighted by molar-refractivity contribution is 7.80. The van der Waals surface area contributed by atoms with Gasteiger partial charge < -0.3 is 14.6 Å². The fraction of sp³-hybridized carbons (Fsp3) is 0.143. The number of carbonyl (C=O) groups excluding carboxylic acids is 2. The van der Waals surface area contributed by atoms with Crippen LogP contribution in [0.25, 0.3) is 6.08 Å². The van der Waals surface area contributed by atoms with Crippen LogP contribution in [0.4, 0.5) is 0 Å². The molecule has 2 aromatic carbocycles. The first kappa shape index (κ1) is 21.0. The number of carbonyl (C=O) groups is 3. The maximum absolute atomic E-state index is 12.3. The number of amides is 2. The summed E-state index contributed by atoms with van der Waals surface area (Å²) in [6, 6.07) is 11.4. The molecule has 1 aliphatic heterocycles. The minimum atomic E-state index is -1.01. The predicted octanol–water partition coefficient (Wildman–Crippen LogP) is 2.23. The molecule has 0 spiro atoms. The summed E-state index contributed by atoms with van der Waals surface area (Å²) < 4.78 is 11.1. The van der Waals surface area contributed by atoms with E-state index in [2.05, 4.69) is 5.32 Å². The number of thiocarbonyl (C=S) groups is 1. The van der Waals surface area contributed by atoms with Crippen molar-refractivity contribution in [3.8, 4) is 11.5 Å². The number of aromatic carboxylic acids is 1. The number of nitrogens with one attached hydrogen (secondary N) is 1. The summed E-state index contributed by atoms with van der Waals surface area (Å²) in [6.45, 7) is 0.140. The van der Waals surface area contributed by atoms with Crippen molar-refractivity contribution in [2.75, 3.05) is 14.2 Å². The number of benzene rings is 2. The van der Waals surface area contributed by atoms with Crippen LogP contribution >= 0.6 is 12.2 Å². The van der Waals surface area contributed by atoms with Crippen LogP contribution in [0.5, 0.6) is 11.5 Å². The van der Waals surface area contributed by atoms with Crippen LogP contribution in [0.3, 0.4) is 0 Å². The second kappa shape index (κ2) is 8.75. The van der Waals surface area contributed by atoms with E-state index in [1.165, 1.54) is 37.3 Å². The average Bonchev–Trinajstić information content (AvgIpc) is 2.74. The van der Waals surface area contributed by atoms with E-state index in [-0.39, 0.29) is 22.9 Å². The van der Waals surface area contributed by atoms with Crippen molar-refractivity contribution in [1.82, 2.24) is 10.2 Å². The van der Waals surface area contributed by atoms with E-state index in [4.69, 9.17) is 26.8 Å². The number of rotatable bonds is 6. The smallest absolute Gasteiger partial charge is 0.335 e. The second-order valence-electron chi connectivity index (χ2n) is 6.39. The number of likely N-dealkylation sites (N-methyl/N-ethyl adjacent to an activating group) is 1. The van der Waals surface area contributed by atoms with Crippen molar-refractivity contribution in [3.63, 3.8) is 0 Å². The molecule has 2 aromatic rings. The molecule has 0 unspecified atom stereocenters. The van der Waals surface area contributed by atoms with Crippen molar-refractivity contribution in [3.05, 3.63) is 64.7 Å². The van der Waals surface area contributed by atoms with Crippen molar-refractivity contribution >= 4 is 41.2 Å². The van der Waals surface area contributed by atoms with E-state index in [9.17, 15) is 14.4 Å². The first-order valence-electron chi connectivity index (χ1n) is 8.78. The molecule has 154 valence electrons. The lowest BCUT2D eigenvalue weighted by Crippen LogP contribution is -2.52. The Bertz CT molecular complexity index is 1080. The lowest BCUT2D eigenvalue weighted by atomic mass is 10.1. The summed E-state index contributed by atoms with van der Waals surface area (Å²) in [4.78, 5) is 36.7. The lowest BCUT2D eigenvalue weighted by molar-refractivity contribution is -0.128. The minimum Gasteiger partial charge on any atom is -0.493 e. The number of ether oxygens (including phenoxy) is 2.